The van der Waals surface area contributed by atoms with Crippen LogP contribution >= 0.6 is 0 Å². The highest BCUT2D eigenvalue weighted by molar-refractivity contribution is 5.91. The van der Waals surface area contributed by atoms with E-state index in [1.54, 1.807) is 32.4 Å². The average molecular weight is 320 g/mol. The number of hydrogen-bond acceptors (Lipinski definition) is 4. The third kappa shape index (κ3) is 5.43. The minimum Gasteiger partial charge on any atom is -0.497 e. The van der Waals surface area contributed by atoms with Crippen LogP contribution in [-0.4, -0.2) is 44.7 Å². The average Bonchev–Trinajstić information content (AvgIpc) is 2.51. The highest BCUT2D eigenvalue weighted by Crippen LogP contribution is 2.26. The van der Waals surface area contributed by atoms with Crippen LogP contribution in [0.25, 0.3) is 0 Å². The van der Waals surface area contributed by atoms with Gasteiger partial charge in [-0.05, 0) is 18.3 Å². The first-order valence-corrected chi connectivity index (χ1v) is 8.25. The summed E-state index contributed by atoms with van der Waals surface area (Å²) in [4.78, 5) is 14.6. The van der Waals surface area contributed by atoms with Crippen LogP contribution in [0.15, 0.2) is 18.2 Å². The van der Waals surface area contributed by atoms with E-state index in [0.717, 1.165) is 19.6 Å². The molecule has 0 saturated carbocycles. The molecule has 1 heterocycles. The minimum atomic E-state index is 0.0196. The lowest BCUT2D eigenvalue weighted by Gasteiger charge is -2.34. The molecule has 2 atom stereocenters. The first kappa shape index (κ1) is 17.6. The molecule has 1 N–H and O–H groups in total. The number of nitrogens with one attached hydrogen (secondary N) is 1. The number of anilines is 1. The van der Waals surface area contributed by atoms with Crippen LogP contribution in [0.5, 0.6) is 11.5 Å². The van der Waals surface area contributed by atoms with Gasteiger partial charge in [0.05, 0.1) is 14.2 Å². The van der Waals surface area contributed by atoms with Crippen molar-refractivity contribution in [3.05, 3.63) is 18.2 Å². The van der Waals surface area contributed by atoms with Crippen LogP contribution in [0.2, 0.25) is 0 Å². The number of piperidine rings is 1. The smallest absolute Gasteiger partial charge is 0.225 e. The van der Waals surface area contributed by atoms with E-state index in [1.165, 1.54) is 6.42 Å². The van der Waals surface area contributed by atoms with E-state index in [2.05, 4.69) is 24.1 Å². The highest BCUT2D eigenvalue weighted by Gasteiger charge is 2.21. The number of likely N-dealkylation sites (tertiary alicyclic amines) is 1. The zero-order valence-electron chi connectivity index (χ0n) is 14.6. The van der Waals surface area contributed by atoms with Gasteiger partial charge in [0.1, 0.15) is 11.5 Å². The van der Waals surface area contributed by atoms with Crippen molar-refractivity contribution in [3.8, 4) is 11.5 Å². The number of methoxy groups -OCH3 is 2. The first-order valence-electron chi connectivity index (χ1n) is 8.25. The number of carbonyl (C=O) groups excluding carboxylic acids is 1. The summed E-state index contributed by atoms with van der Waals surface area (Å²) in [7, 11) is 3.19. The monoisotopic (exact) mass is 320 g/mol. The molecule has 0 unspecified atom stereocenters. The van der Waals surface area contributed by atoms with E-state index in [4.69, 9.17) is 9.47 Å². The van der Waals surface area contributed by atoms with Gasteiger partial charge in [0.2, 0.25) is 5.91 Å². The van der Waals surface area contributed by atoms with Crippen molar-refractivity contribution in [1.82, 2.24) is 4.90 Å². The molecule has 1 aromatic carbocycles. The first-order chi connectivity index (χ1) is 11.0. The van der Waals surface area contributed by atoms with Crippen LogP contribution < -0.4 is 14.8 Å². The lowest BCUT2D eigenvalue weighted by Crippen LogP contribution is -2.40. The van der Waals surface area contributed by atoms with Crippen molar-refractivity contribution >= 4 is 11.6 Å². The standard InChI is InChI=1S/C18H28N2O3/c1-13-7-14(2)12-20(11-13)6-5-18(21)19-15-8-16(22-3)10-17(9-15)23-4/h8-10,13-14H,5-7,11-12H2,1-4H3,(H,19,21)/t13-,14+. The molecule has 0 radical (unpaired) electrons. The molecule has 1 saturated heterocycles. The Kier molecular flexibility index (Phi) is 6.28. The summed E-state index contributed by atoms with van der Waals surface area (Å²) < 4.78 is 10.4. The summed E-state index contributed by atoms with van der Waals surface area (Å²) in [6, 6.07) is 5.38. The predicted molar refractivity (Wildman–Crippen MR) is 92.2 cm³/mol. The molecule has 1 aliphatic rings. The summed E-state index contributed by atoms with van der Waals surface area (Å²) in [5.74, 6) is 2.77. The van der Waals surface area contributed by atoms with Gasteiger partial charge in [-0.1, -0.05) is 13.8 Å². The maximum Gasteiger partial charge on any atom is 0.225 e. The van der Waals surface area contributed by atoms with Crippen LogP contribution in [0.3, 0.4) is 0 Å². The SMILES string of the molecule is COc1cc(NC(=O)CCN2C[C@H](C)C[C@H](C)C2)cc(OC)c1. The number of amides is 1. The zero-order valence-corrected chi connectivity index (χ0v) is 14.6. The molecule has 1 fully saturated rings. The van der Waals surface area contributed by atoms with Gasteiger partial charge >= 0.3 is 0 Å². The number of ether oxygens (including phenoxy) is 2. The van der Waals surface area contributed by atoms with E-state index in [0.29, 0.717) is 35.4 Å². The molecule has 0 aromatic heterocycles. The lowest BCUT2D eigenvalue weighted by atomic mass is 9.92. The Balaban J connectivity index is 1.87. The van der Waals surface area contributed by atoms with Crippen molar-refractivity contribution in [2.75, 3.05) is 39.2 Å². The number of nitrogens with zero attached hydrogens (tertiary/aromatic N) is 1. The van der Waals surface area contributed by atoms with Crippen LogP contribution in [-0.2, 0) is 4.79 Å². The van der Waals surface area contributed by atoms with Gasteiger partial charge in [0.15, 0.2) is 0 Å². The molecule has 5 nitrogen and oxygen atoms in total. The molecule has 128 valence electrons. The normalized spacial score (nSPS) is 21.7. The Morgan fingerprint density at radius 3 is 2.22 bits per heavy atom. The van der Waals surface area contributed by atoms with Crippen molar-refractivity contribution in [1.29, 1.82) is 0 Å². The van der Waals surface area contributed by atoms with E-state index in [-0.39, 0.29) is 5.91 Å². The lowest BCUT2D eigenvalue weighted by molar-refractivity contribution is -0.116. The predicted octanol–water partition coefficient (Wildman–Crippen LogP) is 3.01. The fraction of sp³-hybridized carbons (Fsp3) is 0.611. The van der Waals surface area contributed by atoms with Crippen molar-refractivity contribution < 1.29 is 14.3 Å². The third-order valence-electron chi connectivity index (χ3n) is 4.23. The second-order valence-electron chi connectivity index (χ2n) is 6.61. The molecular formula is C18H28N2O3. The number of benzene rings is 1. The van der Waals surface area contributed by atoms with Gasteiger partial charge < -0.3 is 19.7 Å². The number of rotatable bonds is 6. The van der Waals surface area contributed by atoms with E-state index in [9.17, 15) is 4.79 Å². The van der Waals surface area contributed by atoms with Crippen molar-refractivity contribution in [2.24, 2.45) is 11.8 Å². The largest absolute Gasteiger partial charge is 0.497 e. The molecule has 1 amide bonds. The molecule has 0 aliphatic carbocycles. The Bertz CT molecular complexity index is 501. The van der Waals surface area contributed by atoms with Crippen LogP contribution in [0, 0.1) is 11.8 Å². The fourth-order valence-electron chi connectivity index (χ4n) is 3.34. The molecule has 2 rings (SSSR count). The Labute approximate surface area is 139 Å². The Hall–Kier alpha value is -1.75. The molecule has 0 bridgehead atoms. The van der Waals surface area contributed by atoms with Gasteiger partial charge in [-0.2, -0.15) is 0 Å². The molecule has 23 heavy (non-hydrogen) atoms. The third-order valence-corrected chi connectivity index (χ3v) is 4.23. The second kappa shape index (κ2) is 8.20. The molecule has 1 aliphatic heterocycles. The minimum absolute atomic E-state index is 0.0196. The van der Waals surface area contributed by atoms with Gasteiger partial charge in [-0.3, -0.25) is 4.79 Å². The maximum absolute atomic E-state index is 12.2. The summed E-state index contributed by atoms with van der Waals surface area (Å²) in [5, 5.41) is 2.93. The summed E-state index contributed by atoms with van der Waals surface area (Å²) in [5.41, 5.74) is 0.701. The number of carbonyl (C=O) groups is 1. The van der Waals surface area contributed by atoms with Crippen LogP contribution in [0.1, 0.15) is 26.7 Å². The van der Waals surface area contributed by atoms with Gasteiger partial charge in [-0.15, -0.1) is 0 Å². The van der Waals surface area contributed by atoms with Gasteiger partial charge in [0, 0.05) is 49.9 Å². The Morgan fingerprint density at radius 2 is 1.70 bits per heavy atom. The zero-order chi connectivity index (χ0) is 16.8. The quantitative estimate of drug-likeness (QED) is 0.875. The maximum atomic E-state index is 12.2. The fourth-order valence-corrected chi connectivity index (χ4v) is 3.34. The van der Waals surface area contributed by atoms with Crippen molar-refractivity contribution in [2.45, 2.75) is 26.7 Å². The molecular weight excluding hydrogens is 292 g/mol. The van der Waals surface area contributed by atoms with E-state index >= 15 is 0 Å². The summed E-state index contributed by atoms with van der Waals surface area (Å²) in [6.45, 7) is 7.55. The molecule has 1 aromatic rings. The van der Waals surface area contributed by atoms with E-state index in [1.807, 2.05) is 0 Å². The second-order valence-corrected chi connectivity index (χ2v) is 6.61. The molecule has 0 spiro atoms. The van der Waals surface area contributed by atoms with Crippen LogP contribution in [0.4, 0.5) is 5.69 Å². The molecule has 5 heteroatoms. The Morgan fingerprint density at radius 1 is 1.13 bits per heavy atom. The summed E-state index contributed by atoms with van der Waals surface area (Å²) >= 11 is 0. The van der Waals surface area contributed by atoms with E-state index < -0.39 is 0 Å². The summed E-state index contributed by atoms with van der Waals surface area (Å²) in [6.07, 6.45) is 1.78. The van der Waals surface area contributed by atoms with Crippen molar-refractivity contribution in [3.63, 3.8) is 0 Å². The highest BCUT2D eigenvalue weighted by atomic mass is 16.5. The topological polar surface area (TPSA) is 50.8 Å². The van der Waals surface area contributed by atoms with Gasteiger partial charge in [0.25, 0.3) is 0 Å². The van der Waals surface area contributed by atoms with Gasteiger partial charge in [-0.25, -0.2) is 0 Å². The number of hydrogen-bond donors (Lipinski definition) is 1.